The van der Waals surface area contributed by atoms with Gasteiger partial charge in [-0.1, -0.05) is 40.9 Å². The third-order valence-electron chi connectivity index (χ3n) is 1.37. The first-order valence-corrected chi connectivity index (χ1v) is 4.55. The predicted molar refractivity (Wildman–Crippen MR) is 56.6 cm³/mol. The molecule has 0 N–H and O–H groups in total. The molecular formula is C9H5Cl3O. The van der Waals surface area contributed by atoms with Gasteiger partial charge in [-0.3, -0.25) is 4.79 Å². The number of allylic oxidation sites excluding steroid dienone is 1. The maximum Gasteiger partial charge on any atom is 0.142 e. The van der Waals surface area contributed by atoms with Gasteiger partial charge in [0.1, 0.15) is 6.29 Å². The average Bonchev–Trinajstić information content (AvgIpc) is 2.10. The molecule has 13 heavy (non-hydrogen) atoms. The van der Waals surface area contributed by atoms with E-state index in [1.807, 2.05) is 0 Å². The molecule has 1 rings (SSSR count). The van der Waals surface area contributed by atoms with E-state index >= 15 is 0 Å². The van der Waals surface area contributed by atoms with Crippen molar-refractivity contribution in [2.75, 3.05) is 0 Å². The van der Waals surface area contributed by atoms with E-state index in [9.17, 15) is 4.79 Å². The van der Waals surface area contributed by atoms with Gasteiger partial charge in [-0.15, -0.1) is 0 Å². The van der Waals surface area contributed by atoms with Gasteiger partial charge in [0.15, 0.2) is 0 Å². The van der Waals surface area contributed by atoms with Gasteiger partial charge in [-0.2, -0.15) is 0 Å². The largest absolute Gasteiger partial charge is 0.299 e. The third kappa shape index (κ3) is 2.73. The Morgan fingerprint density at radius 3 is 2.08 bits per heavy atom. The topological polar surface area (TPSA) is 17.1 Å². The summed E-state index contributed by atoms with van der Waals surface area (Å²) in [5.74, 6) is 0. The number of aldehydes is 1. The van der Waals surface area contributed by atoms with Gasteiger partial charge in [-0.05, 0) is 23.8 Å². The maximum atomic E-state index is 10.0. The van der Waals surface area contributed by atoms with E-state index in [1.165, 1.54) is 6.08 Å². The summed E-state index contributed by atoms with van der Waals surface area (Å²) in [5, 5.41) is 1.08. The number of carbonyl (C=O) groups excluding carboxylic acids is 1. The van der Waals surface area contributed by atoms with Crippen LogP contribution in [-0.4, -0.2) is 6.29 Å². The van der Waals surface area contributed by atoms with Gasteiger partial charge in [0.05, 0.1) is 15.1 Å². The van der Waals surface area contributed by atoms with E-state index < -0.39 is 0 Å². The molecule has 0 heterocycles. The second-order valence-corrected chi connectivity index (χ2v) is 3.49. The molecule has 0 amide bonds. The van der Waals surface area contributed by atoms with Gasteiger partial charge >= 0.3 is 0 Å². The lowest BCUT2D eigenvalue weighted by atomic mass is 10.2. The fourth-order valence-corrected chi connectivity index (χ4v) is 1.43. The monoisotopic (exact) mass is 234 g/mol. The number of hydrogen-bond acceptors (Lipinski definition) is 1. The lowest BCUT2D eigenvalue weighted by molar-refractivity contribution is -0.104. The molecule has 1 nitrogen and oxygen atoms in total. The van der Waals surface area contributed by atoms with Gasteiger partial charge in [0.25, 0.3) is 0 Å². The van der Waals surface area contributed by atoms with Crippen molar-refractivity contribution in [2.45, 2.75) is 0 Å². The molecule has 0 bridgehead atoms. The molecule has 68 valence electrons. The van der Waals surface area contributed by atoms with Gasteiger partial charge < -0.3 is 0 Å². The molecule has 0 fully saturated rings. The predicted octanol–water partition coefficient (Wildman–Crippen LogP) is 3.86. The standard InChI is InChI=1S/C9H5Cl3O/c10-7-4-6(2-1-3-13)5-8(11)9(7)12/h1-5H. The van der Waals surface area contributed by atoms with Crippen molar-refractivity contribution >= 4 is 47.2 Å². The second-order valence-electron chi connectivity index (χ2n) is 2.29. The van der Waals surface area contributed by atoms with Crippen LogP contribution in [0, 0.1) is 0 Å². The van der Waals surface area contributed by atoms with Crippen LogP contribution in [0.1, 0.15) is 5.56 Å². The van der Waals surface area contributed by atoms with Crippen LogP contribution in [-0.2, 0) is 4.79 Å². The minimum atomic E-state index is 0.326. The van der Waals surface area contributed by atoms with Crippen molar-refractivity contribution in [3.8, 4) is 0 Å². The van der Waals surface area contributed by atoms with Gasteiger partial charge in [0.2, 0.25) is 0 Å². The molecular weight excluding hydrogens is 230 g/mol. The third-order valence-corrected chi connectivity index (χ3v) is 2.57. The van der Waals surface area contributed by atoms with Crippen LogP contribution >= 0.6 is 34.8 Å². The Labute approximate surface area is 90.9 Å². The smallest absolute Gasteiger partial charge is 0.142 e. The van der Waals surface area contributed by atoms with Crippen LogP contribution in [0.2, 0.25) is 15.1 Å². The van der Waals surface area contributed by atoms with E-state index in [2.05, 4.69) is 0 Å². The van der Waals surface area contributed by atoms with Gasteiger partial charge in [-0.25, -0.2) is 0 Å². The van der Waals surface area contributed by atoms with Crippen LogP contribution < -0.4 is 0 Å². The minimum Gasteiger partial charge on any atom is -0.299 e. The maximum absolute atomic E-state index is 10.0. The molecule has 0 aliphatic carbocycles. The van der Waals surface area contributed by atoms with Crippen LogP contribution in [0.25, 0.3) is 6.08 Å². The van der Waals surface area contributed by atoms with Crippen molar-refractivity contribution in [1.29, 1.82) is 0 Å². The average molecular weight is 235 g/mol. The first-order valence-electron chi connectivity index (χ1n) is 3.41. The Hall–Kier alpha value is -0.500. The highest BCUT2D eigenvalue weighted by atomic mass is 35.5. The lowest BCUT2D eigenvalue weighted by Crippen LogP contribution is -1.76. The van der Waals surface area contributed by atoms with Gasteiger partial charge in [0, 0.05) is 0 Å². The first-order chi connectivity index (χ1) is 6.15. The van der Waals surface area contributed by atoms with Crippen molar-refractivity contribution in [2.24, 2.45) is 0 Å². The summed E-state index contributed by atoms with van der Waals surface area (Å²) in [5.41, 5.74) is 0.742. The van der Waals surface area contributed by atoms with E-state index in [0.29, 0.717) is 21.4 Å². The highest BCUT2D eigenvalue weighted by Gasteiger charge is 2.03. The van der Waals surface area contributed by atoms with Crippen molar-refractivity contribution in [3.05, 3.63) is 38.8 Å². The van der Waals surface area contributed by atoms with E-state index in [4.69, 9.17) is 34.8 Å². The SMILES string of the molecule is O=CC=Cc1cc(Cl)c(Cl)c(Cl)c1. The first kappa shape index (κ1) is 10.6. The Balaban J connectivity index is 3.12. The van der Waals surface area contributed by atoms with Crippen LogP contribution in [0.3, 0.4) is 0 Å². The number of halogens is 3. The fourth-order valence-electron chi connectivity index (χ4n) is 0.822. The number of carbonyl (C=O) groups is 1. The van der Waals surface area contributed by atoms with E-state index in [-0.39, 0.29) is 0 Å². The highest BCUT2D eigenvalue weighted by Crippen LogP contribution is 2.31. The molecule has 1 aromatic rings. The molecule has 0 spiro atoms. The quantitative estimate of drug-likeness (QED) is 0.432. The Bertz CT molecular complexity index is 335. The molecule has 0 saturated heterocycles. The Morgan fingerprint density at radius 1 is 1.08 bits per heavy atom. The molecule has 0 atom stereocenters. The van der Waals surface area contributed by atoms with Crippen molar-refractivity contribution in [1.82, 2.24) is 0 Å². The molecule has 0 saturated carbocycles. The fraction of sp³-hybridized carbons (Fsp3) is 0. The lowest BCUT2D eigenvalue weighted by Gasteiger charge is -2.00. The summed E-state index contributed by atoms with van der Waals surface area (Å²) < 4.78 is 0. The van der Waals surface area contributed by atoms with Crippen LogP contribution in [0.15, 0.2) is 18.2 Å². The van der Waals surface area contributed by atoms with E-state index in [0.717, 1.165) is 5.56 Å². The van der Waals surface area contributed by atoms with Crippen molar-refractivity contribution < 1.29 is 4.79 Å². The van der Waals surface area contributed by atoms with E-state index in [1.54, 1.807) is 18.2 Å². The molecule has 1 aromatic carbocycles. The second kappa shape index (κ2) is 4.66. The zero-order valence-corrected chi connectivity index (χ0v) is 8.70. The van der Waals surface area contributed by atoms with Crippen LogP contribution in [0.5, 0.6) is 0 Å². The molecule has 0 unspecified atom stereocenters. The number of benzene rings is 1. The summed E-state index contributed by atoms with van der Waals surface area (Å²) in [6.45, 7) is 0. The summed E-state index contributed by atoms with van der Waals surface area (Å²) in [6.07, 6.45) is 3.63. The minimum absolute atomic E-state index is 0.326. The molecule has 4 heteroatoms. The molecule has 0 aliphatic heterocycles. The summed E-state index contributed by atoms with van der Waals surface area (Å²) >= 11 is 17.2. The normalized spacial score (nSPS) is 10.7. The zero-order chi connectivity index (χ0) is 9.84. The molecule has 0 aromatic heterocycles. The number of hydrogen-bond donors (Lipinski definition) is 0. The summed E-state index contributed by atoms with van der Waals surface area (Å²) in [6, 6.07) is 3.27. The Morgan fingerprint density at radius 2 is 1.62 bits per heavy atom. The zero-order valence-electron chi connectivity index (χ0n) is 6.43. The number of rotatable bonds is 2. The summed E-state index contributed by atoms with van der Waals surface area (Å²) in [4.78, 5) is 10.0. The molecule has 0 radical (unpaired) electrons. The summed E-state index contributed by atoms with van der Waals surface area (Å²) in [7, 11) is 0. The molecule has 0 aliphatic rings. The Kier molecular flexibility index (Phi) is 3.79. The van der Waals surface area contributed by atoms with Crippen molar-refractivity contribution in [3.63, 3.8) is 0 Å². The van der Waals surface area contributed by atoms with Crippen LogP contribution in [0.4, 0.5) is 0 Å². The highest BCUT2D eigenvalue weighted by molar-refractivity contribution is 6.48.